The molecule has 0 atom stereocenters. The predicted octanol–water partition coefficient (Wildman–Crippen LogP) is 5.12. The zero-order valence-corrected chi connectivity index (χ0v) is 12.3. The third-order valence-corrected chi connectivity index (χ3v) is 3.16. The third-order valence-electron chi connectivity index (χ3n) is 2.73. The molecule has 0 aliphatic heterocycles. The van der Waals surface area contributed by atoms with Gasteiger partial charge in [-0.2, -0.15) is 0 Å². The first-order chi connectivity index (χ1) is 9.19. The highest BCUT2D eigenvalue weighted by atomic mass is 79.9. The van der Waals surface area contributed by atoms with Gasteiger partial charge in [0.15, 0.2) is 5.82 Å². The average molecular weight is 324 g/mol. The lowest BCUT2D eigenvalue weighted by molar-refractivity contribution is 0.422. The molecule has 19 heavy (non-hydrogen) atoms. The predicted molar refractivity (Wildman–Crippen MR) is 77.0 cm³/mol. The second-order valence-corrected chi connectivity index (χ2v) is 5.21. The van der Waals surface area contributed by atoms with Gasteiger partial charge in [-0.05, 0) is 52.5 Å². The molecule has 100 valence electrons. The van der Waals surface area contributed by atoms with E-state index in [-0.39, 0.29) is 5.88 Å². The maximum absolute atomic E-state index is 13.6. The summed E-state index contributed by atoms with van der Waals surface area (Å²) in [5.41, 5.74) is 1.26. The Bertz CT molecular complexity index is 542. The van der Waals surface area contributed by atoms with Crippen LogP contribution >= 0.6 is 15.9 Å². The molecule has 0 bridgehead atoms. The van der Waals surface area contributed by atoms with Crippen molar-refractivity contribution in [1.29, 1.82) is 0 Å². The van der Waals surface area contributed by atoms with E-state index < -0.39 is 5.82 Å². The molecule has 0 saturated carbocycles. The van der Waals surface area contributed by atoms with Crippen LogP contribution < -0.4 is 4.74 Å². The number of unbranched alkanes of at least 4 members (excludes halogenated alkanes) is 1. The number of hydrogen-bond acceptors (Lipinski definition) is 2. The van der Waals surface area contributed by atoms with Crippen LogP contribution in [0.15, 0.2) is 41.0 Å². The van der Waals surface area contributed by atoms with Crippen molar-refractivity contribution >= 4 is 15.9 Å². The van der Waals surface area contributed by atoms with Crippen molar-refractivity contribution in [2.45, 2.75) is 26.2 Å². The third kappa shape index (κ3) is 4.03. The van der Waals surface area contributed by atoms with Crippen molar-refractivity contribution in [1.82, 2.24) is 4.98 Å². The largest absolute Gasteiger partial charge is 0.436 e. The summed E-state index contributed by atoms with van der Waals surface area (Å²) in [4.78, 5) is 3.90. The molecular weight excluding hydrogens is 309 g/mol. The Hall–Kier alpha value is -1.42. The fourth-order valence-corrected chi connectivity index (χ4v) is 2.00. The maximum Gasteiger partial charge on any atom is 0.255 e. The SMILES string of the molecule is CCCCc1ccc(Oc2ncc(Br)cc2F)cc1. The van der Waals surface area contributed by atoms with Crippen LogP contribution in [0.5, 0.6) is 11.6 Å². The van der Waals surface area contributed by atoms with Gasteiger partial charge in [0.25, 0.3) is 5.88 Å². The molecule has 0 spiro atoms. The number of benzene rings is 1. The zero-order valence-electron chi connectivity index (χ0n) is 10.7. The normalized spacial score (nSPS) is 10.5. The van der Waals surface area contributed by atoms with Gasteiger partial charge in [0.1, 0.15) is 5.75 Å². The number of aromatic nitrogens is 1. The Balaban J connectivity index is 2.06. The molecule has 1 aromatic heterocycles. The fraction of sp³-hybridized carbons (Fsp3) is 0.267. The van der Waals surface area contributed by atoms with E-state index in [4.69, 9.17) is 4.74 Å². The van der Waals surface area contributed by atoms with E-state index in [1.807, 2.05) is 24.3 Å². The van der Waals surface area contributed by atoms with Crippen LogP contribution in [-0.2, 0) is 6.42 Å². The lowest BCUT2D eigenvalue weighted by atomic mass is 10.1. The number of halogens is 2. The van der Waals surface area contributed by atoms with Crippen molar-refractivity contribution < 1.29 is 9.13 Å². The second-order valence-electron chi connectivity index (χ2n) is 4.29. The zero-order chi connectivity index (χ0) is 13.7. The van der Waals surface area contributed by atoms with Crippen LogP contribution in [0.25, 0.3) is 0 Å². The van der Waals surface area contributed by atoms with Crippen molar-refractivity contribution in [3.63, 3.8) is 0 Å². The van der Waals surface area contributed by atoms with Gasteiger partial charge in [0.2, 0.25) is 0 Å². The number of pyridine rings is 1. The molecule has 0 fully saturated rings. The van der Waals surface area contributed by atoms with Crippen molar-refractivity contribution in [2.75, 3.05) is 0 Å². The molecule has 1 aromatic carbocycles. The highest BCUT2D eigenvalue weighted by Crippen LogP contribution is 2.24. The number of rotatable bonds is 5. The highest BCUT2D eigenvalue weighted by molar-refractivity contribution is 9.10. The molecular formula is C15H15BrFNO. The summed E-state index contributed by atoms with van der Waals surface area (Å²) in [5.74, 6) is 0.0999. The van der Waals surface area contributed by atoms with Crippen LogP contribution in [0.4, 0.5) is 4.39 Å². The van der Waals surface area contributed by atoms with E-state index in [1.165, 1.54) is 30.7 Å². The van der Waals surface area contributed by atoms with Gasteiger partial charge in [0, 0.05) is 10.7 Å². The van der Waals surface area contributed by atoms with Crippen LogP contribution in [0.2, 0.25) is 0 Å². The van der Waals surface area contributed by atoms with Crippen LogP contribution in [0.1, 0.15) is 25.3 Å². The minimum Gasteiger partial charge on any atom is -0.436 e. The fourth-order valence-electron chi connectivity index (χ4n) is 1.69. The lowest BCUT2D eigenvalue weighted by Gasteiger charge is -2.07. The van der Waals surface area contributed by atoms with Crippen molar-refractivity contribution in [3.05, 3.63) is 52.4 Å². The summed E-state index contributed by atoms with van der Waals surface area (Å²) < 4.78 is 19.6. The molecule has 1 heterocycles. The topological polar surface area (TPSA) is 22.1 Å². The molecule has 0 saturated heterocycles. The van der Waals surface area contributed by atoms with E-state index in [0.29, 0.717) is 10.2 Å². The summed E-state index contributed by atoms with van der Waals surface area (Å²) in [6.07, 6.45) is 4.91. The van der Waals surface area contributed by atoms with Crippen molar-refractivity contribution in [3.8, 4) is 11.6 Å². The average Bonchev–Trinajstić information content (AvgIpc) is 2.41. The minimum atomic E-state index is -0.482. The first-order valence-corrected chi connectivity index (χ1v) is 7.06. The summed E-state index contributed by atoms with van der Waals surface area (Å²) in [6, 6.07) is 9.02. The van der Waals surface area contributed by atoms with Crippen LogP contribution in [-0.4, -0.2) is 4.98 Å². The van der Waals surface area contributed by atoms with E-state index >= 15 is 0 Å². The van der Waals surface area contributed by atoms with Crippen LogP contribution in [0, 0.1) is 5.82 Å². The van der Waals surface area contributed by atoms with E-state index in [2.05, 4.69) is 27.8 Å². The molecule has 2 rings (SSSR count). The lowest BCUT2D eigenvalue weighted by Crippen LogP contribution is -1.92. The second kappa shape index (κ2) is 6.66. The molecule has 0 aliphatic rings. The first-order valence-electron chi connectivity index (χ1n) is 6.27. The van der Waals surface area contributed by atoms with Gasteiger partial charge in [-0.25, -0.2) is 9.37 Å². The van der Waals surface area contributed by atoms with Gasteiger partial charge in [-0.1, -0.05) is 25.5 Å². The minimum absolute atomic E-state index is 0.00971. The summed E-state index contributed by atoms with van der Waals surface area (Å²) >= 11 is 3.16. The number of nitrogens with zero attached hydrogens (tertiary/aromatic N) is 1. The van der Waals surface area contributed by atoms with Crippen molar-refractivity contribution in [2.24, 2.45) is 0 Å². The Morgan fingerprint density at radius 3 is 2.63 bits per heavy atom. The van der Waals surface area contributed by atoms with E-state index in [9.17, 15) is 4.39 Å². The summed E-state index contributed by atoms with van der Waals surface area (Å²) in [5, 5.41) is 0. The van der Waals surface area contributed by atoms with Gasteiger partial charge in [-0.3, -0.25) is 0 Å². The Morgan fingerprint density at radius 2 is 2.00 bits per heavy atom. The van der Waals surface area contributed by atoms with Crippen LogP contribution in [0.3, 0.4) is 0 Å². The maximum atomic E-state index is 13.6. The highest BCUT2D eigenvalue weighted by Gasteiger charge is 2.07. The molecule has 0 radical (unpaired) electrons. The molecule has 0 unspecified atom stereocenters. The Kier molecular flexibility index (Phi) is 4.91. The molecule has 0 aliphatic carbocycles. The van der Waals surface area contributed by atoms with Gasteiger partial charge < -0.3 is 4.74 Å². The standard InChI is InChI=1S/C15H15BrFNO/c1-2-3-4-11-5-7-13(8-6-11)19-15-14(17)9-12(16)10-18-15/h5-10H,2-4H2,1H3. The van der Waals surface area contributed by atoms with E-state index in [1.54, 1.807) is 0 Å². The number of aryl methyl sites for hydroxylation is 1. The number of hydrogen-bond donors (Lipinski definition) is 0. The smallest absolute Gasteiger partial charge is 0.255 e. The Labute approximate surface area is 120 Å². The molecule has 0 N–H and O–H groups in total. The van der Waals surface area contributed by atoms with Gasteiger partial charge in [0.05, 0.1) is 0 Å². The quantitative estimate of drug-likeness (QED) is 0.762. The number of ether oxygens (including phenoxy) is 1. The van der Waals surface area contributed by atoms with Gasteiger partial charge in [-0.15, -0.1) is 0 Å². The Morgan fingerprint density at radius 1 is 1.26 bits per heavy atom. The first kappa shape index (κ1) is 14.0. The molecule has 4 heteroatoms. The monoisotopic (exact) mass is 323 g/mol. The summed E-state index contributed by atoms with van der Waals surface area (Å²) in [7, 11) is 0. The summed E-state index contributed by atoms with van der Waals surface area (Å²) in [6.45, 7) is 2.17. The molecule has 2 aromatic rings. The molecule has 2 nitrogen and oxygen atoms in total. The molecule has 0 amide bonds. The van der Waals surface area contributed by atoms with E-state index in [0.717, 1.165) is 6.42 Å². The van der Waals surface area contributed by atoms with Gasteiger partial charge >= 0.3 is 0 Å².